The molecule has 0 spiro atoms. The highest BCUT2D eigenvalue weighted by molar-refractivity contribution is 6.10. The van der Waals surface area contributed by atoms with Crippen LogP contribution >= 0.6 is 0 Å². The van der Waals surface area contributed by atoms with Crippen molar-refractivity contribution in [3.63, 3.8) is 0 Å². The number of nitrogen functional groups attached to an aromatic ring is 1. The molecule has 1 aliphatic heterocycles. The predicted octanol–water partition coefficient (Wildman–Crippen LogP) is 2.83. The Balaban J connectivity index is 1.90. The van der Waals surface area contributed by atoms with Gasteiger partial charge in [-0.2, -0.15) is 8.78 Å². The number of hydrogen-bond donors (Lipinski definition) is 2. The molecule has 0 unspecified atom stereocenters. The van der Waals surface area contributed by atoms with Crippen molar-refractivity contribution in [1.29, 1.82) is 0 Å². The summed E-state index contributed by atoms with van der Waals surface area (Å²) in [6.45, 7) is -2.94. The summed E-state index contributed by atoms with van der Waals surface area (Å²) < 4.78 is 32.6. The van der Waals surface area contributed by atoms with Gasteiger partial charge in [0.15, 0.2) is 0 Å². The third-order valence-electron chi connectivity index (χ3n) is 5.65. The number of hydrogen-bond acceptors (Lipinski definition) is 5. The minimum Gasteiger partial charge on any atom is -0.530 e. The fourth-order valence-electron chi connectivity index (χ4n) is 4.17. The van der Waals surface area contributed by atoms with Gasteiger partial charge in [-0.3, -0.25) is 4.79 Å². The summed E-state index contributed by atoms with van der Waals surface area (Å²) in [4.78, 5) is 26.1. The van der Waals surface area contributed by atoms with Crippen LogP contribution in [0, 0.1) is 0 Å². The van der Waals surface area contributed by atoms with Crippen molar-refractivity contribution in [2.45, 2.75) is 19.6 Å². The van der Waals surface area contributed by atoms with Crippen molar-refractivity contribution in [1.82, 2.24) is 9.47 Å². The van der Waals surface area contributed by atoms with Crippen molar-refractivity contribution in [3.8, 4) is 16.9 Å². The van der Waals surface area contributed by atoms with Crippen LogP contribution in [0.3, 0.4) is 0 Å². The molecule has 0 radical (unpaired) electrons. The minimum atomic E-state index is -3.08. The largest absolute Gasteiger partial charge is 0.530 e. The van der Waals surface area contributed by atoms with E-state index in [1.54, 1.807) is 48.0 Å². The van der Waals surface area contributed by atoms with E-state index in [4.69, 9.17) is 10.5 Å². The molecule has 2 heterocycles. The lowest BCUT2D eigenvalue weighted by Gasteiger charge is -2.30. The fourth-order valence-corrected chi connectivity index (χ4v) is 4.17. The SMILES string of the molecule is Cn1c2c(c(-c3ccccc3OC(F)F)c1C(=O)Nc1ccccc1N)CN(C(=O)[O-])CC2. The topological polar surface area (TPSA) is 113 Å². The average molecular weight is 455 g/mol. The summed E-state index contributed by atoms with van der Waals surface area (Å²) in [5.74, 6) is -0.647. The number of rotatable bonds is 5. The predicted molar refractivity (Wildman–Crippen MR) is 116 cm³/mol. The number of aromatic nitrogens is 1. The second kappa shape index (κ2) is 8.81. The van der Waals surface area contributed by atoms with Crippen LogP contribution in [0.15, 0.2) is 48.5 Å². The number of para-hydroxylation sites is 3. The lowest BCUT2D eigenvalue weighted by Crippen LogP contribution is -2.44. The van der Waals surface area contributed by atoms with E-state index in [-0.39, 0.29) is 30.1 Å². The van der Waals surface area contributed by atoms with E-state index in [0.29, 0.717) is 28.9 Å². The van der Waals surface area contributed by atoms with Gasteiger partial charge in [0, 0.05) is 48.9 Å². The zero-order valence-electron chi connectivity index (χ0n) is 17.7. The Morgan fingerprint density at radius 3 is 2.55 bits per heavy atom. The number of benzene rings is 2. The molecule has 1 aliphatic rings. The molecule has 10 heteroatoms. The number of carboxylic acid groups (broad SMARTS) is 1. The normalized spacial score (nSPS) is 13.0. The molecule has 0 atom stereocenters. The van der Waals surface area contributed by atoms with E-state index in [9.17, 15) is 23.5 Å². The second-order valence-electron chi connectivity index (χ2n) is 7.56. The van der Waals surface area contributed by atoms with E-state index in [0.717, 1.165) is 10.6 Å². The average Bonchev–Trinajstić information content (AvgIpc) is 3.07. The Labute approximate surface area is 188 Å². The first-order chi connectivity index (χ1) is 15.8. The number of nitrogens with one attached hydrogen (secondary N) is 1. The number of nitrogens with zero attached hydrogens (tertiary/aromatic N) is 2. The first-order valence-corrected chi connectivity index (χ1v) is 10.1. The molecule has 0 aliphatic carbocycles. The summed E-state index contributed by atoms with van der Waals surface area (Å²) in [6.07, 6.45) is -1.03. The fraction of sp³-hybridized carbons (Fsp3) is 0.217. The van der Waals surface area contributed by atoms with E-state index >= 15 is 0 Å². The zero-order chi connectivity index (χ0) is 23.7. The first kappa shape index (κ1) is 22.1. The van der Waals surface area contributed by atoms with Crippen LogP contribution < -0.4 is 20.9 Å². The molecular formula is C23H21F2N4O4-. The minimum absolute atomic E-state index is 0.0510. The first-order valence-electron chi connectivity index (χ1n) is 10.1. The second-order valence-corrected chi connectivity index (χ2v) is 7.56. The number of amides is 2. The number of anilines is 2. The molecular weight excluding hydrogens is 434 g/mol. The van der Waals surface area contributed by atoms with E-state index < -0.39 is 18.6 Å². The van der Waals surface area contributed by atoms with Crippen molar-refractivity contribution in [2.24, 2.45) is 7.05 Å². The van der Waals surface area contributed by atoms with Crippen LogP contribution in [0.25, 0.3) is 11.1 Å². The summed E-state index contributed by atoms with van der Waals surface area (Å²) in [7, 11) is 1.68. The molecule has 2 amide bonds. The molecule has 33 heavy (non-hydrogen) atoms. The van der Waals surface area contributed by atoms with Gasteiger partial charge in [0.1, 0.15) is 17.5 Å². The van der Waals surface area contributed by atoms with E-state index in [2.05, 4.69) is 5.32 Å². The van der Waals surface area contributed by atoms with E-state index in [1.807, 2.05) is 0 Å². The van der Waals surface area contributed by atoms with Gasteiger partial charge >= 0.3 is 6.61 Å². The lowest BCUT2D eigenvalue weighted by molar-refractivity contribution is -0.266. The number of carbonyl (C=O) groups is 2. The maximum atomic E-state index is 13.4. The summed E-state index contributed by atoms with van der Waals surface area (Å²) in [5.41, 5.74) is 8.71. The maximum absolute atomic E-state index is 13.4. The smallest absolute Gasteiger partial charge is 0.387 e. The lowest BCUT2D eigenvalue weighted by atomic mass is 9.96. The van der Waals surface area contributed by atoms with Gasteiger partial charge < -0.3 is 35.2 Å². The molecule has 8 nitrogen and oxygen atoms in total. The van der Waals surface area contributed by atoms with Gasteiger partial charge in [-0.15, -0.1) is 0 Å². The van der Waals surface area contributed by atoms with E-state index in [1.165, 1.54) is 12.1 Å². The van der Waals surface area contributed by atoms with Crippen LogP contribution in [-0.4, -0.2) is 34.6 Å². The van der Waals surface area contributed by atoms with Gasteiger partial charge in [-0.05, 0) is 18.2 Å². The van der Waals surface area contributed by atoms with Crippen LogP contribution in [-0.2, 0) is 20.0 Å². The van der Waals surface area contributed by atoms with Crippen molar-refractivity contribution in [2.75, 3.05) is 17.6 Å². The number of fused-ring (bicyclic) bond motifs is 1. The molecule has 0 fully saturated rings. The molecule has 0 saturated heterocycles. The molecule has 2 aromatic carbocycles. The Morgan fingerprint density at radius 2 is 1.85 bits per heavy atom. The molecule has 0 saturated carbocycles. The van der Waals surface area contributed by atoms with Crippen molar-refractivity contribution >= 4 is 23.4 Å². The van der Waals surface area contributed by atoms with Gasteiger partial charge in [0.2, 0.25) is 0 Å². The van der Waals surface area contributed by atoms with Crippen molar-refractivity contribution < 1.29 is 28.2 Å². The standard InChI is InChI=1S/C23H22F2N4O4/c1-28-17-10-11-29(23(31)32)12-14(17)19(13-6-2-5-9-18(13)33-22(24)25)20(28)21(30)27-16-8-4-3-7-15(16)26/h2-9,22H,10-12,26H2,1H3,(H,27,30)(H,31,32)/p-1. The Kier molecular flexibility index (Phi) is 5.91. The van der Waals surface area contributed by atoms with Crippen LogP contribution in [0.2, 0.25) is 0 Å². The number of carbonyl (C=O) groups excluding carboxylic acids is 2. The Bertz CT molecular complexity index is 1230. The number of halogens is 2. The third-order valence-corrected chi connectivity index (χ3v) is 5.65. The molecule has 1 aromatic heterocycles. The Morgan fingerprint density at radius 1 is 1.15 bits per heavy atom. The quantitative estimate of drug-likeness (QED) is 0.575. The number of ether oxygens (including phenoxy) is 1. The summed E-state index contributed by atoms with van der Waals surface area (Å²) >= 11 is 0. The number of alkyl halides is 2. The summed E-state index contributed by atoms with van der Waals surface area (Å²) in [6, 6.07) is 12.8. The monoisotopic (exact) mass is 455 g/mol. The molecule has 0 bridgehead atoms. The highest BCUT2D eigenvalue weighted by atomic mass is 19.3. The van der Waals surface area contributed by atoms with Crippen LogP contribution in [0.5, 0.6) is 5.75 Å². The number of nitrogens with two attached hydrogens (primary N) is 1. The van der Waals surface area contributed by atoms with Gasteiger partial charge in [0.25, 0.3) is 5.91 Å². The third kappa shape index (κ3) is 4.19. The molecule has 172 valence electrons. The van der Waals surface area contributed by atoms with Crippen LogP contribution in [0.1, 0.15) is 21.7 Å². The zero-order valence-corrected chi connectivity index (χ0v) is 17.7. The molecule has 3 aromatic rings. The highest BCUT2D eigenvalue weighted by Crippen LogP contribution is 2.41. The van der Waals surface area contributed by atoms with Crippen LogP contribution in [0.4, 0.5) is 25.0 Å². The maximum Gasteiger partial charge on any atom is 0.387 e. The molecule has 3 N–H and O–H groups in total. The Hall–Kier alpha value is -4.08. The van der Waals surface area contributed by atoms with Gasteiger partial charge in [-0.1, -0.05) is 30.3 Å². The van der Waals surface area contributed by atoms with Gasteiger partial charge in [0.05, 0.1) is 11.4 Å². The highest BCUT2D eigenvalue weighted by Gasteiger charge is 2.32. The summed E-state index contributed by atoms with van der Waals surface area (Å²) in [5, 5.41) is 14.3. The van der Waals surface area contributed by atoms with Crippen molar-refractivity contribution in [3.05, 3.63) is 65.5 Å². The van der Waals surface area contributed by atoms with Gasteiger partial charge in [-0.25, -0.2) is 0 Å². The molecule has 4 rings (SSSR count).